The van der Waals surface area contributed by atoms with Crippen LogP contribution in [0.3, 0.4) is 0 Å². The van der Waals surface area contributed by atoms with Crippen molar-refractivity contribution in [2.75, 3.05) is 24.9 Å². The molecule has 0 bridgehead atoms. The van der Waals surface area contributed by atoms with E-state index in [-0.39, 0.29) is 5.69 Å². The van der Waals surface area contributed by atoms with Gasteiger partial charge in [0.15, 0.2) is 5.11 Å². The summed E-state index contributed by atoms with van der Waals surface area (Å²) in [7, 11) is 3.13. The van der Waals surface area contributed by atoms with Crippen molar-refractivity contribution in [1.82, 2.24) is 0 Å². The largest absolute Gasteiger partial charge is 0.497 e. The van der Waals surface area contributed by atoms with Crippen LogP contribution in [0.15, 0.2) is 36.4 Å². The van der Waals surface area contributed by atoms with Gasteiger partial charge in [-0.05, 0) is 42.9 Å². The van der Waals surface area contributed by atoms with Crippen molar-refractivity contribution in [3.8, 4) is 11.5 Å². The van der Waals surface area contributed by atoms with Crippen molar-refractivity contribution >= 4 is 34.4 Å². The molecule has 24 heavy (non-hydrogen) atoms. The van der Waals surface area contributed by atoms with Gasteiger partial charge in [-0.1, -0.05) is 0 Å². The number of hydrogen-bond acceptors (Lipinski definition) is 5. The fraction of sp³-hybridized carbons (Fsp3) is 0.188. The average Bonchev–Trinajstić information content (AvgIpc) is 2.56. The number of anilines is 2. The van der Waals surface area contributed by atoms with E-state index in [1.54, 1.807) is 45.4 Å². The molecule has 0 aliphatic rings. The van der Waals surface area contributed by atoms with Gasteiger partial charge in [0, 0.05) is 23.9 Å². The van der Waals surface area contributed by atoms with Gasteiger partial charge in [0.2, 0.25) is 0 Å². The molecule has 2 aromatic rings. The van der Waals surface area contributed by atoms with Gasteiger partial charge < -0.3 is 20.1 Å². The lowest BCUT2D eigenvalue weighted by Crippen LogP contribution is -2.20. The molecule has 0 radical (unpaired) electrons. The summed E-state index contributed by atoms with van der Waals surface area (Å²) in [5.41, 5.74) is 2.12. The molecular formula is C16H17N3O4S. The lowest BCUT2D eigenvalue weighted by atomic mass is 10.2. The van der Waals surface area contributed by atoms with Crippen molar-refractivity contribution in [1.29, 1.82) is 0 Å². The number of benzene rings is 2. The van der Waals surface area contributed by atoms with Gasteiger partial charge in [0.25, 0.3) is 5.69 Å². The Morgan fingerprint density at radius 2 is 1.75 bits per heavy atom. The first kappa shape index (κ1) is 17.5. The number of hydrogen-bond donors (Lipinski definition) is 2. The molecule has 7 nitrogen and oxygen atoms in total. The van der Waals surface area contributed by atoms with E-state index in [9.17, 15) is 10.1 Å². The Balaban J connectivity index is 2.12. The number of nitrogens with zero attached hydrogens (tertiary/aromatic N) is 1. The second-order valence-corrected chi connectivity index (χ2v) is 5.31. The van der Waals surface area contributed by atoms with E-state index in [1.807, 2.05) is 0 Å². The van der Waals surface area contributed by atoms with E-state index >= 15 is 0 Å². The van der Waals surface area contributed by atoms with Crippen molar-refractivity contribution in [3.05, 3.63) is 52.1 Å². The Bertz CT molecular complexity index is 780. The highest BCUT2D eigenvalue weighted by Crippen LogP contribution is 2.29. The average molecular weight is 347 g/mol. The zero-order valence-electron chi connectivity index (χ0n) is 13.5. The van der Waals surface area contributed by atoms with Crippen molar-refractivity contribution in [2.24, 2.45) is 0 Å². The number of nitro groups is 1. The second-order valence-electron chi connectivity index (χ2n) is 4.90. The lowest BCUT2D eigenvalue weighted by molar-refractivity contribution is -0.384. The number of nitro benzene ring substituents is 1. The summed E-state index contributed by atoms with van der Waals surface area (Å²) < 4.78 is 10.4. The molecule has 0 spiro atoms. The van der Waals surface area contributed by atoms with Gasteiger partial charge >= 0.3 is 0 Å². The minimum atomic E-state index is -0.435. The molecule has 0 aromatic heterocycles. The van der Waals surface area contributed by atoms with Crippen LogP contribution in [0.2, 0.25) is 0 Å². The van der Waals surface area contributed by atoms with Gasteiger partial charge in [0.05, 0.1) is 24.8 Å². The first-order valence-electron chi connectivity index (χ1n) is 6.99. The third-order valence-corrected chi connectivity index (χ3v) is 3.53. The molecule has 0 fully saturated rings. The van der Waals surface area contributed by atoms with Crippen LogP contribution >= 0.6 is 12.2 Å². The summed E-state index contributed by atoms with van der Waals surface area (Å²) in [6.45, 7) is 1.77. The topological polar surface area (TPSA) is 85.7 Å². The molecule has 0 aliphatic heterocycles. The molecule has 0 aliphatic carbocycles. The quantitative estimate of drug-likeness (QED) is 0.484. The zero-order valence-corrected chi connectivity index (χ0v) is 14.3. The minimum Gasteiger partial charge on any atom is -0.497 e. The molecule has 0 amide bonds. The third kappa shape index (κ3) is 4.11. The maximum absolute atomic E-state index is 10.8. The highest BCUT2D eigenvalue weighted by atomic mass is 32.1. The van der Waals surface area contributed by atoms with Crippen LogP contribution in [-0.2, 0) is 0 Å². The van der Waals surface area contributed by atoms with Gasteiger partial charge in [-0.3, -0.25) is 10.1 Å². The van der Waals surface area contributed by atoms with E-state index < -0.39 is 4.92 Å². The van der Waals surface area contributed by atoms with Crippen molar-refractivity contribution in [2.45, 2.75) is 6.92 Å². The molecule has 0 atom stereocenters. The lowest BCUT2D eigenvalue weighted by Gasteiger charge is -2.15. The van der Waals surface area contributed by atoms with E-state index in [4.69, 9.17) is 21.7 Å². The Hall–Kier alpha value is -2.87. The van der Waals surface area contributed by atoms with E-state index in [0.29, 0.717) is 28.0 Å². The Labute approximate surface area is 144 Å². The van der Waals surface area contributed by atoms with Gasteiger partial charge in [-0.2, -0.15) is 0 Å². The SMILES string of the molecule is COc1ccc(NC(=S)Nc2ccc([N+](=O)[O-])cc2C)c(OC)c1. The molecule has 2 N–H and O–H groups in total. The number of aryl methyl sites for hydroxylation is 1. The summed E-state index contributed by atoms with van der Waals surface area (Å²) >= 11 is 5.29. The van der Waals surface area contributed by atoms with Crippen LogP contribution in [0.25, 0.3) is 0 Å². The summed E-state index contributed by atoms with van der Waals surface area (Å²) in [4.78, 5) is 10.3. The Morgan fingerprint density at radius 1 is 1.08 bits per heavy atom. The number of non-ortho nitro benzene ring substituents is 1. The fourth-order valence-corrected chi connectivity index (χ4v) is 2.30. The summed E-state index contributed by atoms with van der Waals surface area (Å²) in [5, 5.41) is 17.2. The summed E-state index contributed by atoms with van der Waals surface area (Å²) in [6, 6.07) is 9.83. The number of ether oxygens (including phenoxy) is 2. The van der Waals surface area contributed by atoms with Gasteiger partial charge in [-0.25, -0.2) is 0 Å². The Morgan fingerprint density at radius 3 is 2.33 bits per heavy atom. The first-order chi connectivity index (χ1) is 11.4. The standard InChI is InChI=1S/C16H17N3O4S/c1-10-8-11(19(20)21)4-6-13(10)17-16(24)18-14-7-5-12(22-2)9-15(14)23-3/h4-9H,1-3H3,(H2,17,18,24). The summed E-state index contributed by atoms with van der Waals surface area (Å²) in [5.74, 6) is 1.25. The van der Waals surface area contributed by atoms with Crippen LogP contribution in [0.4, 0.5) is 17.1 Å². The predicted octanol–water partition coefficient (Wildman–Crippen LogP) is 3.73. The summed E-state index contributed by atoms with van der Waals surface area (Å²) in [6.07, 6.45) is 0. The van der Waals surface area contributed by atoms with Gasteiger partial charge in [-0.15, -0.1) is 0 Å². The van der Waals surface area contributed by atoms with Crippen LogP contribution in [0.5, 0.6) is 11.5 Å². The molecule has 0 saturated heterocycles. The van der Waals surface area contributed by atoms with Crippen molar-refractivity contribution in [3.63, 3.8) is 0 Å². The third-order valence-electron chi connectivity index (χ3n) is 3.33. The molecule has 2 aromatic carbocycles. The smallest absolute Gasteiger partial charge is 0.269 e. The van der Waals surface area contributed by atoms with Crippen molar-refractivity contribution < 1.29 is 14.4 Å². The number of rotatable bonds is 5. The monoisotopic (exact) mass is 347 g/mol. The van der Waals surface area contributed by atoms with E-state index in [2.05, 4.69) is 10.6 Å². The normalized spacial score (nSPS) is 9.96. The van der Waals surface area contributed by atoms with E-state index in [0.717, 1.165) is 5.56 Å². The fourth-order valence-electron chi connectivity index (χ4n) is 2.08. The number of methoxy groups -OCH3 is 2. The molecule has 0 heterocycles. The van der Waals surface area contributed by atoms with Crippen LogP contribution in [-0.4, -0.2) is 24.3 Å². The molecule has 0 saturated carbocycles. The first-order valence-corrected chi connectivity index (χ1v) is 7.40. The van der Waals surface area contributed by atoms with Gasteiger partial charge in [0.1, 0.15) is 11.5 Å². The highest BCUT2D eigenvalue weighted by molar-refractivity contribution is 7.80. The Kier molecular flexibility index (Phi) is 5.54. The molecule has 2 rings (SSSR count). The molecule has 0 unspecified atom stereocenters. The zero-order chi connectivity index (χ0) is 17.7. The molecule has 126 valence electrons. The van der Waals surface area contributed by atoms with Crippen LogP contribution in [0, 0.1) is 17.0 Å². The van der Waals surface area contributed by atoms with Crippen LogP contribution < -0.4 is 20.1 Å². The highest BCUT2D eigenvalue weighted by Gasteiger charge is 2.10. The number of thiocarbonyl (C=S) groups is 1. The minimum absolute atomic E-state index is 0.0359. The molecular weight excluding hydrogens is 330 g/mol. The van der Waals surface area contributed by atoms with E-state index in [1.165, 1.54) is 12.1 Å². The van der Waals surface area contributed by atoms with Crippen LogP contribution in [0.1, 0.15) is 5.56 Å². The number of nitrogens with one attached hydrogen (secondary N) is 2. The predicted molar refractivity (Wildman–Crippen MR) is 97.2 cm³/mol. The maximum atomic E-state index is 10.8. The maximum Gasteiger partial charge on any atom is 0.269 e. The second kappa shape index (κ2) is 7.60. The molecule has 8 heteroatoms.